The van der Waals surface area contributed by atoms with Gasteiger partial charge in [-0.25, -0.2) is 0 Å². The quantitative estimate of drug-likeness (QED) is 0.665. The number of rotatable bonds is 8. The molecule has 20 heavy (non-hydrogen) atoms. The standard InChI is InChI=1S/C16H32N2O2/c1-2-3-10-20-13-15(19)12-18-9-5-6-14(11-18)16-7-4-8-17-16/h14-17,19H,2-13H2,1H3. The molecular formula is C16H32N2O2. The minimum atomic E-state index is -0.331. The first-order valence-electron chi connectivity index (χ1n) is 8.51. The predicted molar refractivity (Wildman–Crippen MR) is 81.9 cm³/mol. The summed E-state index contributed by atoms with van der Waals surface area (Å²) in [5, 5.41) is 13.7. The van der Waals surface area contributed by atoms with E-state index in [0.29, 0.717) is 6.61 Å². The lowest BCUT2D eigenvalue weighted by Crippen LogP contribution is -2.46. The van der Waals surface area contributed by atoms with Crippen molar-refractivity contribution in [1.29, 1.82) is 0 Å². The summed E-state index contributed by atoms with van der Waals surface area (Å²) in [6, 6.07) is 0.718. The molecule has 2 rings (SSSR count). The van der Waals surface area contributed by atoms with Crippen LogP contribution in [0.2, 0.25) is 0 Å². The van der Waals surface area contributed by atoms with Gasteiger partial charge in [-0.05, 0) is 51.1 Å². The molecule has 2 aliphatic heterocycles. The van der Waals surface area contributed by atoms with Crippen LogP contribution in [0.5, 0.6) is 0 Å². The first kappa shape index (κ1) is 16.2. The van der Waals surface area contributed by atoms with Crippen LogP contribution in [0.3, 0.4) is 0 Å². The van der Waals surface area contributed by atoms with Crippen LogP contribution in [0, 0.1) is 5.92 Å². The smallest absolute Gasteiger partial charge is 0.0900 e. The summed E-state index contributed by atoms with van der Waals surface area (Å²) < 4.78 is 5.51. The topological polar surface area (TPSA) is 44.7 Å². The lowest BCUT2D eigenvalue weighted by Gasteiger charge is -2.36. The van der Waals surface area contributed by atoms with E-state index in [1.54, 1.807) is 0 Å². The normalized spacial score (nSPS) is 29.7. The molecule has 0 aromatic rings. The molecule has 4 nitrogen and oxygen atoms in total. The van der Waals surface area contributed by atoms with Crippen molar-refractivity contribution in [2.24, 2.45) is 5.92 Å². The zero-order valence-corrected chi connectivity index (χ0v) is 13.0. The summed E-state index contributed by atoms with van der Waals surface area (Å²) in [6.07, 6.45) is 7.19. The van der Waals surface area contributed by atoms with Gasteiger partial charge in [0, 0.05) is 25.7 Å². The van der Waals surface area contributed by atoms with E-state index in [1.807, 2.05) is 0 Å². The molecule has 0 amide bonds. The molecule has 2 fully saturated rings. The highest BCUT2D eigenvalue weighted by molar-refractivity contribution is 4.86. The van der Waals surface area contributed by atoms with Crippen molar-refractivity contribution in [2.75, 3.05) is 39.4 Å². The monoisotopic (exact) mass is 284 g/mol. The number of piperidine rings is 1. The van der Waals surface area contributed by atoms with Crippen molar-refractivity contribution in [3.05, 3.63) is 0 Å². The molecule has 4 heteroatoms. The molecule has 0 saturated carbocycles. The van der Waals surface area contributed by atoms with Crippen LogP contribution in [0.4, 0.5) is 0 Å². The van der Waals surface area contributed by atoms with Gasteiger partial charge in [-0.3, -0.25) is 0 Å². The number of β-amino-alcohol motifs (C(OH)–C–C–N with tert-alkyl or cyclic N) is 1. The molecule has 2 heterocycles. The fourth-order valence-electron chi connectivity index (χ4n) is 3.52. The van der Waals surface area contributed by atoms with E-state index in [-0.39, 0.29) is 6.10 Å². The SMILES string of the molecule is CCCCOCC(O)CN1CCCC(C2CCCN2)C1. The highest BCUT2D eigenvalue weighted by Gasteiger charge is 2.29. The van der Waals surface area contributed by atoms with Gasteiger partial charge in [0.05, 0.1) is 12.7 Å². The second-order valence-corrected chi connectivity index (χ2v) is 6.45. The van der Waals surface area contributed by atoms with Crippen LogP contribution in [0.1, 0.15) is 45.4 Å². The average Bonchev–Trinajstić information content (AvgIpc) is 2.98. The van der Waals surface area contributed by atoms with Crippen molar-refractivity contribution in [3.8, 4) is 0 Å². The van der Waals surface area contributed by atoms with E-state index in [9.17, 15) is 5.11 Å². The number of aliphatic hydroxyl groups is 1. The minimum Gasteiger partial charge on any atom is -0.389 e. The third kappa shape index (κ3) is 5.32. The predicted octanol–water partition coefficient (Wildman–Crippen LogP) is 1.63. The van der Waals surface area contributed by atoms with Gasteiger partial charge in [0.15, 0.2) is 0 Å². The van der Waals surface area contributed by atoms with Crippen molar-refractivity contribution in [1.82, 2.24) is 10.2 Å². The molecule has 118 valence electrons. The lowest BCUT2D eigenvalue weighted by atomic mass is 9.89. The second-order valence-electron chi connectivity index (χ2n) is 6.45. The highest BCUT2D eigenvalue weighted by Crippen LogP contribution is 2.24. The van der Waals surface area contributed by atoms with Crippen molar-refractivity contribution in [2.45, 2.75) is 57.6 Å². The number of likely N-dealkylation sites (tertiary alicyclic amines) is 1. The average molecular weight is 284 g/mol. The molecule has 0 radical (unpaired) electrons. The van der Waals surface area contributed by atoms with Gasteiger partial charge in [-0.15, -0.1) is 0 Å². The first-order chi connectivity index (χ1) is 9.79. The van der Waals surface area contributed by atoms with E-state index in [2.05, 4.69) is 17.1 Å². The molecule has 3 atom stereocenters. The van der Waals surface area contributed by atoms with Crippen LogP contribution in [0.15, 0.2) is 0 Å². The third-order valence-corrected chi connectivity index (χ3v) is 4.63. The van der Waals surface area contributed by atoms with Gasteiger partial charge < -0.3 is 20.1 Å². The van der Waals surface area contributed by atoms with Crippen LogP contribution < -0.4 is 5.32 Å². The Hall–Kier alpha value is -0.160. The van der Waals surface area contributed by atoms with Crippen LogP contribution in [0.25, 0.3) is 0 Å². The first-order valence-corrected chi connectivity index (χ1v) is 8.51. The summed E-state index contributed by atoms with van der Waals surface area (Å²) >= 11 is 0. The van der Waals surface area contributed by atoms with Gasteiger partial charge in [0.1, 0.15) is 0 Å². The van der Waals surface area contributed by atoms with Gasteiger partial charge >= 0.3 is 0 Å². The van der Waals surface area contributed by atoms with Crippen molar-refractivity contribution in [3.63, 3.8) is 0 Å². The van der Waals surface area contributed by atoms with Crippen LogP contribution in [-0.4, -0.2) is 61.5 Å². The molecule has 2 N–H and O–H groups in total. The molecule has 2 aliphatic rings. The molecule has 0 aliphatic carbocycles. The van der Waals surface area contributed by atoms with Crippen molar-refractivity contribution < 1.29 is 9.84 Å². The Morgan fingerprint density at radius 3 is 3.00 bits per heavy atom. The molecule has 3 unspecified atom stereocenters. The molecular weight excluding hydrogens is 252 g/mol. The maximum absolute atomic E-state index is 10.1. The lowest BCUT2D eigenvalue weighted by molar-refractivity contribution is 0.00668. The number of hydrogen-bond acceptors (Lipinski definition) is 4. The summed E-state index contributed by atoms with van der Waals surface area (Å²) in [7, 11) is 0. The van der Waals surface area contributed by atoms with Crippen LogP contribution in [-0.2, 0) is 4.74 Å². The second kappa shape index (κ2) is 8.98. The van der Waals surface area contributed by atoms with Gasteiger partial charge in [0.25, 0.3) is 0 Å². The highest BCUT2D eigenvalue weighted by atomic mass is 16.5. The number of nitrogens with zero attached hydrogens (tertiary/aromatic N) is 1. The Kier molecular flexibility index (Phi) is 7.28. The largest absolute Gasteiger partial charge is 0.389 e. The summed E-state index contributed by atoms with van der Waals surface area (Å²) in [5.74, 6) is 0.777. The van der Waals surface area contributed by atoms with E-state index in [1.165, 1.54) is 32.2 Å². The van der Waals surface area contributed by atoms with E-state index in [0.717, 1.165) is 51.0 Å². The minimum absolute atomic E-state index is 0.331. The van der Waals surface area contributed by atoms with Gasteiger partial charge in [-0.1, -0.05) is 13.3 Å². The molecule has 0 aromatic heterocycles. The Labute approximate surface area is 123 Å². The maximum atomic E-state index is 10.1. The zero-order valence-electron chi connectivity index (χ0n) is 13.0. The Morgan fingerprint density at radius 2 is 2.25 bits per heavy atom. The molecule has 0 spiro atoms. The van der Waals surface area contributed by atoms with Gasteiger partial charge in [-0.2, -0.15) is 0 Å². The summed E-state index contributed by atoms with van der Waals surface area (Å²) in [4.78, 5) is 2.43. The third-order valence-electron chi connectivity index (χ3n) is 4.63. The molecule has 0 bridgehead atoms. The fourth-order valence-corrected chi connectivity index (χ4v) is 3.52. The number of hydrogen-bond donors (Lipinski definition) is 2. The Bertz CT molecular complexity index is 257. The number of aliphatic hydroxyl groups excluding tert-OH is 1. The Morgan fingerprint density at radius 1 is 1.35 bits per heavy atom. The van der Waals surface area contributed by atoms with Gasteiger partial charge in [0.2, 0.25) is 0 Å². The summed E-state index contributed by atoms with van der Waals surface area (Å²) in [6.45, 7) is 7.67. The van der Waals surface area contributed by atoms with E-state index >= 15 is 0 Å². The molecule has 0 aromatic carbocycles. The number of ether oxygens (including phenoxy) is 1. The maximum Gasteiger partial charge on any atom is 0.0900 e. The van der Waals surface area contributed by atoms with E-state index < -0.39 is 0 Å². The zero-order chi connectivity index (χ0) is 14.2. The number of unbranched alkanes of at least 4 members (excludes halogenated alkanes) is 1. The van der Waals surface area contributed by atoms with E-state index in [4.69, 9.17) is 4.74 Å². The molecule has 2 saturated heterocycles. The summed E-state index contributed by atoms with van der Waals surface area (Å²) in [5.41, 5.74) is 0. The van der Waals surface area contributed by atoms with Crippen LogP contribution >= 0.6 is 0 Å². The van der Waals surface area contributed by atoms with Crippen molar-refractivity contribution >= 4 is 0 Å². The Balaban J connectivity index is 1.64. The fraction of sp³-hybridized carbons (Fsp3) is 1.00. The number of nitrogens with one attached hydrogen (secondary N) is 1.